The van der Waals surface area contributed by atoms with Crippen molar-refractivity contribution in [2.24, 2.45) is 0 Å². The standard InChI is InChI=1S/C14H16N2O3/c1-10-13(14(17)18)11(2)16(15-10)9-19-8-12-6-4-3-5-7-12/h3-7H,8-9H2,1-2H3,(H,17,18). The van der Waals surface area contributed by atoms with E-state index in [9.17, 15) is 4.79 Å². The maximum Gasteiger partial charge on any atom is 0.339 e. The first-order valence-electron chi connectivity index (χ1n) is 5.98. The Morgan fingerprint density at radius 2 is 2.00 bits per heavy atom. The fourth-order valence-electron chi connectivity index (χ4n) is 1.96. The molecule has 0 radical (unpaired) electrons. The molecule has 0 fully saturated rings. The number of carbonyl (C=O) groups is 1. The Kier molecular flexibility index (Phi) is 3.97. The fourth-order valence-corrected chi connectivity index (χ4v) is 1.96. The number of benzene rings is 1. The summed E-state index contributed by atoms with van der Waals surface area (Å²) in [5.74, 6) is -0.954. The van der Waals surface area contributed by atoms with Crippen molar-refractivity contribution < 1.29 is 14.6 Å². The first kappa shape index (κ1) is 13.3. The van der Waals surface area contributed by atoms with Crippen LogP contribution in [0.5, 0.6) is 0 Å². The van der Waals surface area contributed by atoms with Gasteiger partial charge in [0.25, 0.3) is 0 Å². The Morgan fingerprint density at radius 1 is 1.32 bits per heavy atom. The van der Waals surface area contributed by atoms with Crippen molar-refractivity contribution in [2.45, 2.75) is 27.2 Å². The van der Waals surface area contributed by atoms with Crippen LogP contribution in [0.15, 0.2) is 30.3 Å². The summed E-state index contributed by atoms with van der Waals surface area (Å²) in [5, 5.41) is 13.2. The lowest BCUT2D eigenvalue weighted by molar-refractivity contribution is 0.0543. The molecule has 0 spiro atoms. The van der Waals surface area contributed by atoms with Gasteiger partial charge >= 0.3 is 5.97 Å². The van der Waals surface area contributed by atoms with Crippen LogP contribution < -0.4 is 0 Å². The molecule has 1 aromatic heterocycles. The summed E-state index contributed by atoms with van der Waals surface area (Å²) in [6.45, 7) is 4.13. The van der Waals surface area contributed by atoms with Crippen molar-refractivity contribution in [3.8, 4) is 0 Å². The monoisotopic (exact) mass is 260 g/mol. The second kappa shape index (κ2) is 5.67. The van der Waals surface area contributed by atoms with Crippen molar-refractivity contribution in [1.82, 2.24) is 9.78 Å². The molecule has 0 aliphatic rings. The van der Waals surface area contributed by atoms with Crippen molar-refractivity contribution in [1.29, 1.82) is 0 Å². The van der Waals surface area contributed by atoms with E-state index in [1.165, 1.54) is 0 Å². The lowest BCUT2D eigenvalue weighted by atomic mass is 10.2. The molecule has 2 rings (SSSR count). The van der Waals surface area contributed by atoms with Crippen LogP contribution in [0, 0.1) is 13.8 Å². The van der Waals surface area contributed by atoms with Gasteiger partial charge in [-0.1, -0.05) is 30.3 Å². The topological polar surface area (TPSA) is 64.4 Å². The van der Waals surface area contributed by atoms with Gasteiger partial charge in [-0.15, -0.1) is 0 Å². The molecule has 5 heteroatoms. The van der Waals surface area contributed by atoms with Crippen LogP contribution in [0.1, 0.15) is 27.3 Å². The van der Waals surface area contributed by atoms with Gasteiger partial charge in [0.15, 0.2) is 0 Å². The zero-order chi connectivity index (χ0) is 13.8. The normalized spacial score (nSPS) is 10.6. The van der Waals surface area contributed by atoms with Crippen LogP contribution in [0.3, 0.4) is 0 Å². The molecule has 0 atom stereocenters. The van der Waals surface area contributed by atoms with E-state index in [1.54, 1.807) is 18.5 Å². The number of aromatic carboxylic acids is 1. The van der Waals surface area contributed by atoms with E-state index in [-0.39, 0.29) is 12.3 Å². The van der Waals surface area contributed by atoms with E-state index in [4.69, 9.17) is 9.84 Å². The smallest absolute Gasteiger partial charge is 0.339 e. The second-order valence-corrected chi connectivity index (χ2v) is 4.31. The van der Waals surface area contributed by atoms with Crippen LogP contribution in [0.4, 0.5) is 0 Å². The third kappa shape index (κ3) is 3.00. The predicted molar refractivity (Wildman–Crippen MR) is 69.9 cm³/mol. The largest absolute Gasteiger partial charge is 0.478 e. The zero-order valence-electron chi connectivity index (χ0n) is 11.0. The number of nitrogens with zero attached hydrogens (tertiary/aromatic N) is 2. The highest BCUT2D eigenvalue weighted by atomic mass is 16.5. The van der Waals surface area contributed by atoms with Crippen molar-refractivity contribution in [2.75, 3.05) is 0 Å². The van der Waals surface area contributed by atoms with Crippen molar-refractivity contribution in [3.63, 3.8) is 0 Å². The van der Waals surface area contributed by atoms with Gasteiger partial charge in [-0.2, -0.15) is 5.10 Å². The molecular weight excluding hydrogens is 244 g/mol. The number of carboxylic acids is 1. The molecule has 1 aromatic carbocycles. The minimum absolute atomic E-state index is 0.245. The fraction of sp³-hybridized carbons (Fsp3) is 0.286. The minimum atomic E-state index is -0.954. The van der Waals surface area contributed by atoms with E-state index >= 15 is 0 Å². The molecule has 0 bridgehead atoms. The number of aryl methyl sites for hydroxylation is 1. The summed E-state index contributed by atoms with van der Waals surface area (Å²) in [6.07, 6.45) is 0. The molecule has 2 aromatic rings. The summed E-state index contributed by atoms with van der Waals surface area (Å²) in [4.78, 5) is 11.1. The van der Waals surface area contributed by atoms with Crippen LogP contribution in [0.2, 0.25) is 0 Å². The summed E-state index contributed by atoms with van der Waals surface area (Å²) >= 11 is 0. The lowest BCUT2D eigenvalue weighted by Crippen LogP contribution is -2.07. The van der Waals surface area contributed by atoms with Gasteiger partial charge < -0.3 is 9.84 Å². The first-order chi connectivity index (χ1) is 9.09. The third-order valence-corrected chi connectivity index (χ3v) is 2.92. The highest BCUT2D eigenvalue weighted by Gasteiger charge is 2.17. The number of hydrogen-bond donors (Lipinski definition) is 1. The van der Waals surface area contributed by atoms with Gasteiger partial charge in [0.05, 0.1) is 18.0 Å². The van der Waals surface area contributed by atoms with Gasteiger partial charge in [0.2, 0.25) is 0 Å². The molecule has 100 valence electrons. The maximum absolute atomic E-state index is 11.1. The van der Waals surface area contributed by atoms with Crippen LogP contribution in [-0.2, 0) is 18.1 Å². The number of rotatable bonds is 5. The second-order valence-electron chi connectivity index (χ2n) is 4.31. The summed E-state index contributed by atoms with van der Waals surface area (Å²) < 4.78 is 7.11. The molecule has 5 nitrogen and oxygen atoms in total. The van der Waals surface area contributed by atoms with Crippen molar-refractivity contribution in [3.05, 3.63) is 52.8 Å². The van der Waals surface area contributed by atoms with E-state index in [2.05, 4.69) is 5.10 Å². The molecule has 0 saturated carbocycles. The maximum atomic E-state index is 11.1. The lowest BCUT2D eigenvalue weighted by Gasteiger charge is -2.06. The quantitative estimate of drug-likeness (QED) is 0.896. The van der Waals surface area contributed by atoms with Gasteiger partial charge in [-0.25, -0.2) is 9.48 Å². The number of ether oxygens (including phenoxy) is 1. The number of aromatic nitrogens is 2. The van der Waals surface area contributed by atoms with Crippen LogP contribution in [-0.4, -0.2) is 20.9 Å². The van der Waals surface area contributed by atoms with Gasteiger partial charge in [0.1, 0.15) is 12.3 Å². The first-order valence-corrected chi connectivity index (χ1v) is 5.98. The average Bonchev–Trinajstić information content (AvgIpc) is 2.66. The average molecular weight is 260 g/mol. The molecule has 0 aliphatic carbocycles. The molecule has 0 saturated heterocycles. The Balaban J connectivity index is 2.01. The minimum Gasteiger partial charge on any atom is -0.478 e. The third-order valence-electron chi connectivity index (χ3n) is 2.92. The van der Waals surface area contributed by atoms with Crippen LogP contribution >= 0.6 is 0 Å². The summed E-state index contributed by atoms with van der Waals surface area (Å²) in [5.41, 5.74) is 2.44. The summed E-state index contributed by atoms with van der Waals surface area (Å²) in [7, 11) is 0. The molecule has 0 amide bonds. The Morgan fingerprint density at radius 3 is 2.58 bits per heavy atom. The summed E-state index contributed by atoms with van der Waals surface area (Å²) in [6, 6.07) is 9.80. The van der Waals surface area contributed by atoms with Crippen molar-refractivity contribution >= 4 is 5.97 Å². The van der Waals surface area contributed by atoms with E-state index in [1.807, 2.05) is 30.3 Å². The molecule has 19 heavy (non-hydrogen) atoms. The Bertz CT molecular complexity index is 576. The predicted octanol–water partition coefficient (Wildman–Crippen LogP) is 2.37. The SMILES string of the molecule is Cc1nn(COCc2ccccc2)c(C)c1C(=O)O. The van der Waals surface area contributed by atoms with E-state index < -0.39 is 5.97 Å². The van der Waals surface area contributed by atoms with E-state index in [0.717, 1.165) is 5.56 Å². The number of carboxylic acid groups (broad SMARTS) is 1. The highest BCUT2D eigenvalue weighted by Crippen LogP contribution is 2.13. The molecule has 0 aliphatic heterocycles. The zero-order valence-corrected chi connectivity index (χ0v) is 11.0. The molecular formula is C14H16N2O3. The molecule has 0 unspecified atom stereocenters. The highest BCUT2D eigenvalue weighted by molar-refractivity contribution is 5.90. The van der Waals surface area contributed by atoms with Gasteiger partial charge in [0, 0.05) is 0 Å². The Hall–Kier alpha value is -2.14. The molecule has 1 heterocycles. The number of hydrogen-bond acceptors (Lipinski definition) is 3. The van der Waals surface area contributed by atoms with Crippen LogP contribution in [0.25, 0.3) is 0 Å². The Labute approximate surface area is 111 Å². The van der Waals surface area contributed by atoms with Gasteiger partial charge in [-0.05, 0) is 19.4 Å². The van der Waals surface area contributed by atoms with E-state index in [0.29, 0.717) is 18.0 Å². The molecule has 1 N–H and O–H groups in total. The van der Waals surface area contributed by atoms with Gasteiger partial charge in [-0.3, -0.25) is 0 Å².